The average Bonchev–Trinajstić information content (AvgIpc) is 3.25. The molecule has 1 N–H and O–H groups in total. The first-order chi connectivity index (χ1) is 14.1. The summed E-state index contributed by atoms with van der Waals surface area (Å²) in [5.74, 6) is 1.33. The number of amides is 1. The van der Waals surface area contributed by atoms with Crippen molar-refractivity contribution in [2.45, 2.75) is 58.0 Å². The Kier molecular flexibility index (Phi) is 5.42. The topological polar surface area (TPSA) is 86.6 Å². The summed E-state index contributed by atoms with van der Waals surface area (Å²) < 4.78 is 0. The number of nitrogens with one attached hydrogen (secondary N) is 1. The summed E-state index contributed by atoms with van der Waals surface area (Å²) in [6, 6.07) is 5.94. The molecule has 1 unspecified atom stereocenters. The van der Waals surface area contributed by atoms with Crippen molar-refractivity contribution < 1.29 is 4.79 Å². The third-order valence-corrected chi connectivity index (χ3v) is 5.68. The van der Waals surface area contributed by atoms with Gasteiger partial charge in [0.2, 0.25) is 11.9 Å². The number of rotatable bonds is 5. The molecule has 152 valence electrons. The van der Waals surface area contributed by atoms with Crippen molar-refractivity contribution in [1.82, 2.24) is 15.0 Å². The highest BCUT2D eigenvalue weighted by atomic mass is 16.2. The fourth-order valence-corrected chi connectivity index (χ4v) is 4.23. The van der Waals surface area contributed by atoms with E-state index in [4.69, 9.17) is 4.98 Å². The van der Waals surface area contributed by atoms with Gasteiger partial charge in [-0.3, -0.25) is 9.78 Å². The van der Waals surface area contributed by atoms with Gasteiger partial charge in [-0.15, -0.1) is 0 Å². The van der Waals surface area contributed by atoms with Gasteiger partial charge in [0.1, 0.15) is 11.7 Å². The Morgan fingerprint density at radius 2 is 2.07 bits per heavy atom. The molecule has 0 saturated heterocycles. The Morgan fingerprint density at radius 1 is 1.28 bits per heavy atom. The molecule has 0 bridgehead atoms. The summed E-state index contributed by atoms with van der Waals surface area (Å²) in [7, 11) is 1.80. The minimum atomic E-state index is -0.182. The summed E-state index contributed by atoms with van der Waals surface area (Å²) in [4.78, 5) is 30.3. The first-order valence-corrected chi connectivity index (χ1v) is 10.2. The van der Waals surface area contributed by atoms with Crippen molar-refractivity contribution in [2.24, 2.45) is 5.10 Å². The van der Waals surface area contributed by atoms with Crippen LogP contribution in [0, 0.1) is 6.92 Å². The second-order valence-corrected chi connectivity index (χ2v) is 7.64. The van der Waals surface area contributed by atoms with Crippen LogP contribution in [0.2, 0.25) is 0 Å². The summed E-state index contributed by atoms with van der Waals surface area (Å²) in [5, 5.41) is 4.24. The lowest BCUT2D eigenvalue weighted by molar-refractivity contribution is -0.120. The van der Waals surface area contributed by atoms with Crippen LogP contribution in [0.1, 0.15) is 50.4 Å². The first kappa shape index (κ1) is 19.3. The third kappa shape index (κ3) is 3.79. The van der Waals surface area contributed by atoms with E-state index in [0.29, 0.717) is 12.0 Å². The Morgan fingerprint density at radius 3 is 2.79 bits per heavy atom. The maximum Gasteiger partial charge on any atom is 0.249 e. The van der Waals surface area contributed by atoms with Gasteiger partial charge in [-0.05, 0) is 38.3 Å². The minimum absolute atomic E-state index is 0.111. The number of fused-ring (bicyclic) bond motifs is 1. The number of anilines is 3. The van der Waals surface area contributed by atoms with Gasteiger partial charge in [0.05, 0.1) is 18.1 Å². The largest absolute Gasteiger partial charge is 0.340 e. The maximum atomic E-state index is 12.9. The van der Waals surface area contributed by atoms with E-state index >= 15 is 0 Å². The van der Waals surface area contributed by atoms with Crippen LogP contribution in [0.5, 0.6) is 0 Å². The van der Waals surface area contributed by atoms with Gasteiger partial charge < -0.3 is 9.80 Å². The molecule has 3 heterocycles. The number of nitrogens with zero attached hydrogens (tertiary/aromatic N) is 6. The zero-order valence-electron chi connectivity index (χ0n) is 17.2. The van der Waals surface area contributed by atoms with Crippen molar-refractivity contribution in [3.05, 3.63) is 35.8 Å². The minimum Gasteiger partial charge on any atom is -0.340 e. The molecule has 4 rings (SSSR count). The maximum absolute atomic E-state index is 12.9. The van der Waals surface area contributed by atoms with E-state index in [1.165, 1.54) is 12.8 Å². The summed E-state index contributed by atoms with van der Waals surface area (Å²) in [6.07, 6.45) is 8.69. The molecule has 2 aromatic heterocycles. The predicted molar refractivity (Wildman–Crippen MR) is 114 cm³/mol. The highest BCUT2D eigenvalue weighted by Crippen LogP contribution is 2.39. The molecule has 2 aliphatic rings. The molecule has 29 heavy (non-hydrogen) atoms. The zero-order valence-corrected chi connectivity index (χ0v) is 17.2. The van der Waals surface area contributed by atoms with Crippen LogP contribution in [-0.4, -0.2) is 46.2 Å². The standard InChI is InChI=1S/C21H27N7O/c1-4-17-20(29)27(3)18-13-22-21(25-19(18)28(17)16-10-5-6-11-16)26-23-12-15-9-7-8-14(2)24-15/h7-9,12-13,16-17H,4-6,10-11H2,1-3H3,(H,22,25,26). The molecule has 0 aromatic carbocycles. The number of hydrogen-bond acceptors (Lipinski definition) is 7. The molecule has 1 fully saturated rings. The molecule has 1 saturated carbocycles. The van der Waals surface area contributed by atoms with Gasteiger partial charge in [-0.1, -0.05) is 25.8 Å². The SMILES string of the molecule is CCC1C(=O)N(C)c2cnc(NN=Cc3cccc(C)n3)nc2N1C1CCCC1. The lowest BCUT2D eigenvalue weighted by Crippen LogP contribution is -2.55. The second kappa shape index (κ2) is 8.14. The Balaban J connectivity index is 1.62. The van der Waals surface area contributed by atoms with Gasteiger partial charge >= 0.3 is 0 Å². The number of likely N-dealkylation sites (N-methyl/N-ethyl adjacent to an activating group) is 1. The number of hydrazone groups is 1. The van der Waals surface area contributed by atoms with Crippen molar-refractivity contribution in [3.63, 3.8) is 0 Å². The van der Waals surface area contributed by atoms with E-state index in [1.54, 1.807) is 24.4 Å². The molecule has 1 aliphatic heterocycles. The number of pyridine rings is 1. The number of carbonyl (C=O) groups is 1. The smallest absolute Gasteiger partial charge is 0.249 e. The summed E-state index contributed by atoms with van der Waals surface area (Å²) in [6.45, 7) is 4.00. The van der Waals surface area contributed by atoms with Crippen LogP contribution < -0.4 is 15.2 Å². The van der Waals surface area contributed by atoms with E-state index in [0.717, 1.165) is 42.2 Å². The number of carbonyl (C=O) groups excluding carboxylic acids is 1. The van der Waals surface area contributed by atoms with E-state index < -0.39 is 0 Å². The lowest BCUT2D eigenvalue weighted by atomic mass is 10.0. The Bertz CT molecular complexity index is 923. The normalized spacial score (nSPS) is 19.8. The van der Waals surface area contributed by atoms with Crippen LogP contribution in [-0.2, 0) is 4.79 Å². The Labute approximate surface area is 171 Å². The van der Waals surface area contributed by atoms with Gasteiger partial charge in [-0.25, -0.2) is 10.4 Å². The molecular formula is C21H27N7O. The van der Waals surface area contributed by atoms with Crippen molar-refractivity contribution >= 4 is 29.6 Å². The van der Waals surface area contributed by atoms with E-state index in [-0.39, 0.29) is 11.9 Å². The molecule has 1 amide bonds. The van der Waals surface area contributed by atoms with Gasteiger partial charge in [0.15, 0.2) is 5.82 Å². The fourth-order valence-electron chi connectivity index (χ4n) is 4.23. The van der Waals surface area contributed by atoms with Crippen LogP contribution in [0.25, 0.3) is 0 Å². The van der Waals surface area contributed by atoms with Crippen LogP contribution in [0.15, 0.2) is 29.5 Å². The molecule has 1 atom stereocenters. The second-order valence-electron chi connectivity index (χ2n) is 7.64. The van der Waals surface area contributed by atoms with Gasteiger partial charge in [0.25, 0.3) is 0 Å². The molecule has 8 nitrogen and oxygen atoms in total. The van der Waals surface area contributed by atoms with Gasteiger partial charge in [-0.2, -0.15) is 10.1 Å². The van der Waals surface area contributed by atoms with E-state index in [9.17, 15) is 4.79 Å². The summed E-state index contributed by atoms with van der Waals surface area (Å²) >= 11 is 0. The van der Waals surface area contributed by atoms with Crippen LogP contribution >= 0.6 is 0 Å². The third-order valence-electron chi connectivity index (χ3n) is 5.68. The number of aromatic nitrogens is 3. The number of hydrogen-bond donors (Lipinski definition) is 1. The average molecular weight is 393 g/mol. The summed E-state index contributed by atoms with van der Waals surface area (Å²) in [5.41, 5.74) is 5.36. The molecule has 1 aliphatic carbocycles. The highest BCUT2D eigenvalue weighted by molar-refractivity contribution is 6.04. The fraction of sp³-hybridized carbons (Fsp3) is 0.476. The monoisotopic (exact) mass is 393 g/mol. The molecular weight excluding hydrogens is 366 g/mol. The van der Waals surface area contributed by atoms with E-state index in [2.05, 4.69) is 32.3 Å². The lowest BCUT2D eigenvalue weighted by Gasteiger charge is -2.43. The highest BCUT2D eigenvalue weighted by Gasteiger charge is 2.41. The molecule has 8 heteroatoms. The van der Waals surface area contributed by atoms with Crippen LogP contribution in [0.3, 0.4) is 0 Å². The van der Waals surface area contributed by atoms with Crippen LogP contribution in [0.4, 0.5) is 17.5 Å². The van der Waals surface area contributed by atoms with Crippen molar-refractivity contribution in [2.75, 3.05) is 22.3 Å². The first-order valence-electron chi connectivity index (χ1n) is 10.2. The molecule has 2 aromatic rings. The zero-order chi connectivity index (χ0) is 20.4. The molecule has 0 radical (unpaired) electrons. The Hall–Kier alpha value is -3.03. The van der Waals surface area contributed by atoms with Crippen molar-refractivity contribution in [1.29, 1.82) is 0 Å². The number of aryl methyl sites for hydroxylation is 1. The molecule has 0 spiro atoms. The van der Waals surface area contributed by atoms with Crippen molar-refractivity contribution in [3.8, 4) is 0 Å². The van der Waals surface area contributed by atoms with E-state index in [1.807, 2.05) is 25.1 Å². The van der Waals surface area contributed by atoms with Gasteiger partial charge in [0, 0.05) is 18.8 Å². The predicted octanol–water partition coefficient (Wildman–Crippen LogP) is 3.13. The quantitative estimate of drug-likeness (QED) is 0.620.